The Bertz CT molecular complexity index is 861. The van der Waals surface area contributed by atoms with Crippen LogP contribution in [0.15, 0.2) is 60.7 Å². The van der Waals surface area contributed by atoms with Crippen LogP contribution in [0.1, 0.15) is 11.4 Å². The third-order valence-corrected chi connectivity index (χ3v) is 4.46. The van der Waals surface area contributed by atoms with Crippen molar-refractivity contribution in [3.63, 3.8) is 0 Å². The Morgan fingerprint density at radius 2 is 1.71 bits per heavy atom. The van der Waals surface area contributed by atoms with Crippen LogP contribution in [0.25, 0.3) is 0 Å². The second kappa shape index (κ2) is 5.96. The van der Waals surface area contributed by atoms with Gasteiger partial charge in [0.1, 0.15) is 17.5 Å². The van der Waals surface area contributed by atoms with Gasteiger partial charge in [0.05, 0.1) is 0 Å². The van der Waals surface area contributed by atoms with Crippen LogP contribution in [-0.4, -0.2) is 23.6 Å². The fraction of sp³-hybridized carbons (Fsp3) is 0.200. The first kappa shape index (κ1) is 14.7. The van der Waals surface area contributed by atoms with Crippen molar-refractivity contribution in [2.45, 2.75) is 13.3 Å². The van der Waals surface area contributed by atoms with Crippen LogP contribution in [0.3, 0.4) is 0 Å². The number of hydrogen-bond donors (Lipinski definition) is 0. The topological polar surface area (TPSA) is 32.3 Å². The maximum atomic E-state index is 4.68. The number of hydrogen-bond acceptors (Lipinski definition) is 4. The van der Waals surface area contributed by atoms with E-state index in [4.69, 9.17) is 0 Å². The van der Waals surface area contributed by atoms with E-state index in [2.05, 4.69) is 62.2 Å². The molecule has 0 saturated carbocycles. The summed E-state index contributed by atoms with van der Waals surface area (Å²) in [5.41, 5.74) is 3.75. The largest absolute Gasteiger partial charge is 0.329 e. The Morgan fingerprint density at radius 3 is 2.54 bits per heavy atom. The Kier molecular flexibility index (Phi) is 3.65. The zero-order valence-corrected chi connectivity index (χ0v) is 14.0. The van der Waals surface area contributed by atoms with E-state index in [1.807, 2.05) is 32.2 Å². The number of aromatic nitrogens is 2. The van der Waals surface area contributed by atoms with Crippen molar-refractivity contribution in [3.05, 3.63) is 72.1 Å². The highest BCUT2D eigenvalue weighted by Gasteiger charge is 2.22. The van der Waals surface area contributed by atoms with Gasteiger partial charge < -0.3 is 9.80 Å². The van der Waals surface area contributed by atoms with Gasteiger partial charge in [-0.2, -0.15) is 0 Å². The lowest BCUT2D eigenvalue weighted by atomic mass is 10.2. The monoisotopic (exact) mass is 316 g/mol. The SMILES string of the molecule is Cc1nc(N(C)c2ccccc2)cc(N2CCc3ccccc32)n1. The second-order valence-electron chi connectivity index (χ2n) is 6.06. The van der Waals surface area contributed by atoms with Crippen molar-refractivity contribution in [1.29, 1.82) is 0 Å². The molecule has 0 atom stereocenters. The molecule has 120 valence electrons. The molecule has 0 N–H and O–H groups in total. The molecule has 2 aromatic carbocycles. The fourth-order valence-electron chi connectivity index (χ4n) is 3.21. The number of rotatable bonds is 3. The summed E-state index contributed by atoms with van der Waals surface area (Å²) in [6, 6.07) is 20.9. The summed E-state index contributed by atoms with van der Waals surface area (Å²) in [5, 5.41) is 0. The highest BCUT2D eigenvalue weighted by molar-refractivity contribution is 5.70. The molecule has 0 aliphatic carbocycles. The Balaban J connectivity index is 1.73. The van der Waals surface area contributed by atoms with Gasteiger partial charge in [0.15, 0.2) is 0 Å². The zero-order chi connectivity index (χ0) is 16.5. The lowest BCUT2D eigenvalue weighted by molar-refractivity contribution is 0.937. The van der Waals surface area contributed by atoms with E-state index in [1.165, 1.54) is 11.3 Å². The van der Waals surface area contributed by atoms with Gasteiger partial charge in [-0.25, -0.2) is 9.97 Å². The van der Waals surface area contributed by atoms with E-state index in [-0.39, 0.29) is 0 Å². The van der Waals surface area contributed by atoms with E-state index in [1.54, 1.807) is 0 Å². The fourth-order valence-corrected chi connectivity index (χ4v) is 3.21. The van der Waals surface area contributed by atoms with Gasteiger partial charge in [0, 0.05) is 31.0 Å². The lowest BCUT2D eigenvalue weighted by Gasteiger charge is -2.23. The molecule has 0 saturated heterocycles. The Labute approximate surface area is 142 Å². The normalized spacial score (nSPS) is 13.0. The molecule has 1 aromatic heterocycles. The van der Waals surface area contributed by atoms with Crippen LogP contribution in [0.4, 0.5) is 23.0 Å². The van der Waals surface area contributed by atoms with Gasteiger partial charge >= 0.3 is 0 Å². The maximum absolute atomic E-state index is 4.68. The highest BCUT2D eigenvalue weighted by Crippen LogP contribution is 2.34. The van der Waals surface area contributed by atoms with Crippen LogP contribution in [0, 0.1) is 6.92 Å². The van der Waals surface area contributed by atoms with Crippen LogP contribution in [0.5, 0.6) is 0 Å². The Hall–Kier alpha value is -2.88. The summed E-state index contributed by atoms with van der Waals surface area (Å²) in [7, 11) is 2.04. The molecule has 0 bridgehead atoms. The van der Waals surface area contributed by atoms with E-state index < -0.39 is 0 Å². The van der Waals surface area contributed by atoms with Gasteiger partial charge in [-0.3, -0.25) is 0 Å². The lowest BCUT2D eigenvalue weighted by Crippen LogP contribution is -2.18. The molecular formula is C20H20N4. The van der Waals surface area contributed by atoms with Gasteiger partial charge in [0.2, 0.25) is 0 Å². The van der Waals surface area contributed by atoms with E-state index in [9.17, 15) is 0 Å². The van der Waals surface area contributed by atoms with Crippen LogP contribution in [0.2, 0.25) is 0 Å². The summed E-state index contributed by atoms with van der Waals surface area (Å²) >= 11 is 0. The molecule has 24 heavy (non-hydrogen) atoms. The summed E-state index contributed by atoms with van der Waals surface area (Å²) < 4.78 is 0. The van der Waals surface area contributed by atoms with Crippen molar-refractivity contribution in [2.24, 2.45) is 0 Å². The molecule has 1 aliphatic heterocycles. The molecule has 4 nitrogen and oxygen atoms in total. The molecule has 2 heterocycles. The molecule has 0 radical (unpaired) electrons. The van der Waals surface area contributed by atoms with E-state index >= 15 is 0 Å². The van der Waals surface area contributed by atoms with Gasteiger partial charge in [-0.05, 0) is 37.1 Å². The molecule has 0 fully saturated rings. The first-order chi connectivity index (χ1) is 11.7. The third-order valence-electron chi connectivity index (χ3n) is 4.46. The molecule has 3 aromatic rings. The van der Waals surface area contributed by atoms with Crippen molar-refractivity contribution in [3.8, 4) is 0 Å². The van der Waals surface area contributed by atoms with Gasteiger partial charge in [-0.1, -0.05) is 36.4 Å². The van der Waals surface area contributed by atoms with Gasteiger partial charge in [-0.15, -0.1) is 0 Å². The number of para-hydroxylation sites is 2. The number of anilines is 4. The average molecular weight is 316 g/mol. The summed E-state index contributed by atoms with van der Waals surface area (Å²) in [4.78, 5) is 13.7. The summed E-state index contributed by atoms with van der Waals surface area (Å²) in [6.45, 7) is 2.91. The maximum Gasteiger partial charge on any atom is 0.138 e. The molecule has 0 unspecified atom stereocenters. The predicted octanol–water partition coefficient (Wildman–Crippen LogP) is 4.25. The van der Waals surface area contributed by atoms with Crippen molar-refractivity contribution in [2.75, 3.05) is 23.4 Å². The average Bonchev–Trinajstić information content (AvgIpc) is 3.05. The Morgan fingerprint density at radius 1 is 0.958 bits per heavy atom. The van der Waals surface area contributed by atoms with Crippen LogP contribution >= 0.6 is 0 Å². The van der Waals surface area contributed by atoms with Gasteiger partial charge in [0.25, 0.3) is 0 Å². The first-order valence-corrected chi connectivity index (χ1v) is 8.22. The molecule has 4 rings (SSSR count). The second-order valence-corrected chi connectivity index (χ2v) is 6.06. The van der Waals surface area contributed by atoms with E-state index in [0.29, 0.717) is 0 Å². The van der Waals surface area contributed by atoms with Crippen LogP contribution in [-0.2, 0) is 6.42 Å². The number of nitrogens with zero attached hydrogens (tertiary/aromatic N) is 4. The minimum absolute atomic E-state index is 0.787. The third kappa shape index (κ3) is 2.60. The molecule has 0 spiro atoms. The van der Waals surface area contributed by atoms with Crippen molar-refractivity contribution >= 4 is 23.0 Å². The van der Waals surface area contributed by atoms with E-state index in [0.717, 1.165) is 36.1 Å². The minimum Gasteiger partial charge on any atom is -0.329 e. The minimum atomic E-state index is 0.787. The van der Waals surface area contributed by atoms with Crippen LogP contribution < -0.4 is 9.80 Å². The standard InChI is InChI=1S/C20H20N4/c1-15-21-19(23(2)17-9-4-3-5-10-17)14-20(22-15)24-13-12-16-8-6-7-11-18(16)24/h3-11,14H,12-13H2,1-2H3. The molecule has 1 aliphatic rings. The summed E-state index contributed by atoms with van der Waals surface area (Å²) in [6.07, 6.45) is 1.06. The van der Waals surface area contributed by atoms with Crippen molar-refractivity contribution in [1.82, 2.24) is 9.97 Å². The zero-order valence-electron chi connectivity index (χ0n) is 14.0. The quantitative estimate of drug-likeness (QED) is 0.723. The molecule has 4 heteroatoms. The molecular weight excluding hydrogens is 296 g/mol. The summed E-state index contributed by atoms with van der Waals surface area (Å²) in [5.74, 6) is 2.66. The predicted molar refractivity (Wildman–Crippen MR) is 98.4 cm³/mol. The molecule has 0 amide bonds. The smallest absolute Gasteiger partial charge is 0.138 e. The number of fused-ring (bicyclic) bond motifs is 1. The van der Waals surface area contributed by atoms with Crippen molar-refractivity contribution < 1.29 is 0 Å². The number of aryl methyl sites for hydroxylation is 1. The number of benzene rings is 2. The highest BCUT2D eigenvalue weighted by atomic mass is 15.2. The first-order valence-electron chi connectivity index (χ1n) is 8.22.